The normalized spacial score (nSPS) is 27.5. The number of carbonyl (C=O) groups is 3. The first-order valence-corrected chi connectivity index (χ1v) is 10.0. The first-order chi connectivity index (χ1) is 13.6. The van der Waals surface area contributed by atoms with Gasteiger partial charge in [-0.05, 0) is 46.1 Å². The number of amides is 1. The lowest BCUT2D eigenvalue weighted by Gasteiger charge is -2.43. The molecule has 29 heavy (non-hydrogen) atoms. The fraction of sp³-hybridized carbons (Fsp3) is 0.591. The minimum absolute atomic E-state index is 0.0470. The summed E-state index contributed by atoms with van der Waals surface area (Å²) in [5.74, 6) is -2.98. The van der Waals surface area contributed by atoms with Crippen molar-refractivity contribution in [2.75, 3.05) is 0 Å². The predicted molar refractivity (Wildman–Crippen MR) is 105 cm³/mol. The highest BCUT2D eigenvalue weighted by molar-refractivity contribution is 6.03. The van der Waals surface area contributed by atoms with Crippen LogP contribution in [0.5, 0.6) is 0 Å². The number of rotatable bonds is 4. The third kappa shape index (κ3) is 4.45. The summed E-state index contributed by atoms with van der Waals surface area (Å²) in [5.41, 5.74) is 0.103. The predicted octanol–water partition coefficient (Wildman–Crippen LogP) is 2.69. The zero-order valence-electron chi connectivity index (χ0n) is 17.3. The number of aliphatic hydroxyl groups excluding tert-OH is 1. The van der Waals surface area contributed by atoms with Crippen molar-refractivity contribution in [2.24, 2.45) is 11.8 Å². The van der Waals surface area contributed by atoms with Gasteiger partial charge in [-0.1, -0.05) is 30.3 Å². The van der Waals surface area contributed by atoms with Gasteiger partial charge in [-0.2, -0.15) is 0 Å². The second-order valence-electron chi connectivity index (χ2n) is 8.84. The van der Waals surface area contributed by atoms with Crippen molar-refractivity contribution in [1.82, 2.24) is 4.90 Å². The Kier molecular flexibility index (Phi) is 5.98. The number of carbonyl (C=O) groups excluding carboxylic acids is 3. The molecular weight excluding hydrogens is 374 g/mol. The Hall–Kier alpha value is -2.41. The lowest BCUT2D eigenvalue weighted by Crippen LogP contribution is -2.61. The van der Waals surface area contributed by atoms with Crippen LogP contribution in [0.2, 0.25) is 0 Å². The standard InChI is InChI=1S/C22H29NO6/c1-13(24)17-15-10-11-16(23(15)21(27)29-22(2,3)4)18(19(17)25)20(26)28-12-14-8-6-5-7-9-14/h5-9,13,15-18,24H,10-12H2,1-4H3/t13?,15-,16+,17?,18?/m0/s1. The summed E-state index contributed by atoms with van der Waals surface area (Å²) in [6.07, 6.45) is -0.526. The van der Waals surface area contributed by atoms with E-state index in [1.54, 1.807) is 20.8 Å². The average Bonchev–Trinajstić information content (AvgIpc) is 2.97. The summed E-state index contributed by atoms with van der Waals surface area (Å²) < 4.78 is 10.9. The number of ether oxygens (including phenoxy) is 2. The molecule has 1 aromatic carbocycles. The van der Waals surface area contributed by atoms with Crippen LogP contribution < -0.4 is 0 Å². The van der Waals surface area contributed by atoms with Gasteiger partial charge >= 0.3 is 12.1 Å². The molecule has 3 rings (SSSR count). The fourth-order valence-corrected chi connectivity index (χ4v) is 4.37. The van der Waals surface area contributed by atoms with Gasteiger partial charge in [-0.3, -0.25) is 9.59 Å². The van der Waals surface area contributed by atoms with Gasteiger partial charge < -0.3 is 19.5 Å². The van der Waals surface area contributed by atoms with E-state index in [-0.39, 0.29) is 12.4 Å². The van der Waals surface area contributed by atoms with E-state index < -0.39 is 47.7 Å². The highest BCUT2D eigenvalue weighted by Crippen LogP contribution is 2.43. The summed E-state index contributed by atoms with van der Waals surface area (Å²) in [7, 11) is 0. The van der Waals surface area contributed by atoms with Crippen LogP contribution in [0.25, 0.3) is 0 Å². The molecule has 2 aliphatic rings. The highest BCUT2D eigenvalue weighted by atomic mass is 16.6. The van der Waals surface area contributed by atoms with Gasteiger partial charge in [-0.25, -0.2) is 4.79 Å². The number of piperidine rings is 1. The third-order valence-corrected chi connectivity index (χ3v) is 5.51. The molecule has 0 spiro atoms. The summed E-state index contributed by atoms with van der Waals surface area (Å²) >= 11 is 0. The van der Waals surface area contributed by atoms with Crippen LogP contribution in [0.3, 0.4) is 0 Å². The van der Waals surface area contributed by atoms with Crippen LogP contribution >= 0.6 is 0 Å². The maximum atomic E-state index is 13.1. The number of hydrogen-bond donors (Lipinski definition) is 1. The van der Waals surface area contributed by atoms with Crippen molar-refractivity contribution in [2.45, 2.75) is 70.9 Å². The molecule has 2 saturated heterocycles. The molecule has 5 atom stereocenters. The SMILES string of the molecule is CC(O)C1C(=O)C(C(=O)OCc2ccccc2)[C@H]2CC[C@@H]1N2C(=O)OC(C)(C)C. The summed E-state index contributed by atoms with van der Waals surface area (Å²) in [4.78, 5) is 40.3. The molecular formula is C22H29NO6. The molecule has 0 radical (unpaired) electrons. The quantitative estimate of drug-likeness (QED) is 0.614. The molecule has 3 unspecified atom stereocenters. The lowest BCUT2D eigenvalue weighted by atomic mass is 9.79. The van der Waals surface area contributed by atoms with Gasteiger partial charge in [0, 0.05) is 6.04 Å². The molecule has 1 amide bonds. The molecule has 2 fully saturated rings. The Morgan fingerprint density at radius 3 is 2.38 bits per heavy atom. The van der Waals surface area contributed by atoms with E-state index in [0.717, 1.165) is 5.56 Å². The van der Waals surface area contributed by atoms with E-state index in [2.05, 4.69) is 0 Å². The lowest BCUT2D eigenvalue weighted by molar-refractivity contribution is -0.161. The topological polar surface area (TPSA) is 93.1 Å². The summed E-state index contributed by atoms with van der Waals surface area (Å²) in [6, 6.07) is 8.11. The number of ketones is 1. The zero-order valence-corrected chi connectivity index (χ0v) is 17.3. The van der Waals surface area contributed by atoms with Crippen LogP contribution in [0.1, 0.15) is 46.1 Å². The van der Waals surface area contributed by atoms with Crippen molar-refractivity contribution < 1.29 is 29.0 Å². The zero-order chi connectivity index (χ0) is 21.3. The van der Waals surface area contributed by atoms with Gasteiger partial charge in [0.25, 0.3) is 0 Å². The van der Waals surface area contributed by atoms with Gasteiger partial charge in [0.1, 0.15) is 18.1 Å². The first-order valence-electron chi connectivity index (χ1n) is 10.0. The molecule has 2 bridgehead atoms. The molecule has 0 saturated carbocycles. The van der Waals surface area contributed by atoms with Crippen LogP contribution in [0.15, 0.2) is 30.3 Å². The van der Waals surface area contributed by atoms with Crippen LogP contribution in [0, 0.1) is 11.8 Å². The van der Waals surface area contributed by atoms with Crippen molar-refractivity contribution in [3.8, 4) is 0 Å². The monoisotopic (exact) mass is 403 g/mol. The van der Waals surface area contributed by atoms with Gasteiger partial charge in [-0.15, -0.1) is 0 Å². The smallest absolute Gasteiger partial charge is 0.410 e. The number of Topliss-reactive ketones (excluding diaryl/α,β-unsaturated/α-hetero) is 1. The highest BCUT2D eigenvalue weighted by Gasteiger charge is 2.59. The van der Waals surface area contributed by atoms with Crippen LogP contribution in [0.4, 0.5) is 4.79 Å². The van der Waals surface area contributed by atoms with Crippen LogP contribution in [-0.4, -0.2) is 51.6 Å². The number of esters is 1. The minimum Gasteiger partial charge on any atom is -0.460 e. The maximum Gasteiger partial charge on any atom is 0.410 e. The van der Waals surface area contributed by atoms with Crippen LogP contribution in [-0.2, 0) is 25.7 Å². The van der Waals surface area contributed by atoms with Gasteiger partial charge in [0.15, 0.2) is 5.78 Å². The Labute approximate surface area is 171 Å². The van der Waals surface area contributed by atoms with E-state index >= 15 is 0 Å². The molecule has 2 aliphatic heterocycles. The number of benzene rings is 1. The summed E-state index contributed by atoms with van der Waals surface area (Å²) in [6.45, 7) is 6.85. The molecule has 7 heteroatoms. The number of nitrogens with zero attached hydrogens (tertiary/aromatic N) is 1. The van der Waals surface area contributed by atoms with Crippen molar-refractivity contribution in [1.29, 1.82) is 0 Å². The fourth-order valence-electron chi connectivity index (χ4n) is 4.37. The average molecular weight is 403 g/mol. The van der Waals surface area contributed by atoms with Crippen molar-refractivity contribution in [3.63, 3.8) is 0 Å². The second-order valence-corrected chi connectivity index (χ2v) is 8.84. The molecule has 158 valence electrons. The maximum absolute atomic E-state index is 13.1. The molecule has 0 aromatic heterocycles. The van der Waals surface area contributed by atoms with Gasteiger partial charge in [0.2, 0.25) is 0 Å². The largest absolute Gasteiger partial charge is 0.460 e. The first kappa shape index (κ1) is 21.3. The molecule has 2 heterocycles. The molecule has 1 aromatic rings. The number of fused-ring (bicyclic) bond motifs is 2. The number of aliphatic hydroxyl groups is 1. The van der Waals surface area contributed by atoms with Crippen molar-refractivity contribution in [3.05, 3.63) is 35.9 Å². The van der Waals surface area contributed by atoms with Crippen molar-refractivity contribution >= 4 is 17.8 Å². The molecule has 0 aliphatic carbocycles. The van der Waals surface area contributed by atoms with E-state index in [4.69, 9.17) is 9.47 Å². The van der Waals surface area contributed by atoms with E-state index in [1.807, 2.05) is 30.3 Å². The van der Waals surface area contributed by atoms with E-state index in [1.165, 1.54) is 11.8 Å². The molecule has 1 N–H and O–H groups in total. The van der Waals surface area contributed by atoms with Gasteiger partial charge in [0.05, 0.1) is 18.1 Å². The number of hydrogen-bond acceptors (Lipinski definition) is 6. The Balaban J connectivity index is 1.84. The Morgan fingerprint density at radius 2 is 1.79 bits per heavy atom. The third-order valence-electron chi connectivity index (χ3n) is 5.51. The Bertz CT molecular complexity index is 769. The van der Waals surface area contributed by atoms with E-state index in [0.29, 0.717) is 12.8 Å². The second kappa shape index (κ2) is 8.14. The Morgan fingerprint density at radius 1 is 1.17 bits per heavy atom. The minimum atomic E-state index is -1.12. The molecule has 7 nitrogen and oxygen atoms in total. The summed E-state index contributed by atoms with van der Waals surface area (Å²) in [5, 5.41) is 10.3. The van der Waals surface area contributed by atoms with E-state index in [9.17, 15) is 19.5 Å².